The van der Waals surface area contributed by atoms with Crippen molar-refractivity contribution >= 4 is 39.4 Å². The van der Waals surface area contributed by atoms with Gasteiger partial charge in [0.2, 0.25) is 0 Å². The minimum atomic E-state index is 0.701. The smallest absolute Gasteiger partial charge is 0.137 e. The Labute approximate surface area is 247 Å². The van der Waals surface area contributed by atoms with Crippen molar-refractivity contribution in [2.45, 2.75) is 12.8 Å². The van der Waals surface area contributed by atoms with Crippen molar-refractivity contribution in [3.63, 3.8) is 0 Å². The van der Waals surface area contributed by atoms with E-state index in [0.29, 0.717) is 5.02 Å². The standard InChI is InChI=1S/C36H24ClN5/c37-30-18-26(17-23-7-1-2-8-27(23)30)32-19-25(20-33(41-32)31-10-5-6-15-39-31)24-12-13-36(40-21-24)42-34-11-4-3-9-28(34)29-14-16-38-22-35(29)42/h1-3,5-10,12-22H,4,11H2. The molecule has 0 saturated carbocycles. The van der Waals surface area contributed by atoms with Crippen molar-refractivity contribution < 1.29 is 0 Å². The van der Waals surface area contributed by atoms with Crippen LogP contribution in [0.15, 0.2) is 116 Å². The number of allylic oxidation sites excluding steroid dienone is 1. The molecule has 1 aliphatic rings. The highest BCUT2D eigenvalue weighted by Crippen LogP contribution is 2.36. The topological polar surface area (TPSA) is 56.5 Å². The van der Waals surface area contributed by atoms with Crippen LogP contribution in [0.25, 0.3) is 67.3 Å². The zero-order valence-corrected chi connectivity index (χ0v) is 23.3. The van der Waals surface area contributed by atoms with Crippen LogP contribution >= 0.6 is 11.6 Å². The fourth-order valence-corrected chi connectivity index (χ4v) is 6.21. The molecule has 0 unspecified atom stereocenters. The van der Waals surface area contributed by atoms with Crippen LogP contribution in [0.1, 0.15) is 17.7 Å². The van der Waals surface area contributed by atoms with Gasteiger partial charge in [0.05, 0.1) is 28.8 Å². The zero-order valence-electron chi connectivity index (χ0n) is 22.6. The molecule has 5 nitrogen and oxygen atoms in total. The molecule has 0 atom stereocenters. The van der Waals surface area contributed by atoms with Crippen LogP contribution < -0.4 is 0 Å². The highest BCUT2D eigenvalue weighted by atomic mass is 35.5. The Kier molecular flexibility index (Phi) is 5.90. The Morgan fingerprint density at radius 3 is 2.48 bits per heavy atom. The summed E-state index contributed by atoms with van der Waals surface area (Å²) in [7, 11) is 0. The lowest BCUT2D eigenvalue weighted by atomic mass is 10.00. The van der Waals surface area contributed by atoms with E-state index in [-0.39, 0.29) is 0 Å². The van der Waals surface area contributed by atoms with Gasteiger partial charge in [0.15, 0.2) is 0 Å². The number of pyridine rings is 4. The number of hydrogen-bond acceptors (Lipinski definition) is 4. The van der Waals surface area contributed by atoms with E-state index in [9.17, 15) is 0 Å². The lowest BCUT2D eigenvalue weighted by molar-refractivity contribution is 0.870. The lowest BCUT2D eigenvalue weighted by Gasteiger charge is -2.14. The first kappa shape index (κ1) is 24.6. The molecule has 6 heteroatoms. The van der Waals surface area contributed by atoms with Crippen molar-refractivity contribution in [3.05, 3.63) is 132 Å². The van der Waals surface area contributed by atoms with Crippen molar-refractivity contribution in [1.29, 1.82) is 0 Å². The van der Waals surface area contributed by atoms with E-state index >= 15 is 0 Å². The second-order valence-electron chi connectivity index (χ2n) is 10.5. The van der Waals surface area contributed by atoms with Gasteiger partial charge in [-0.3, -0.25) is 14.5 Å². The van der Waals surface area contributed by atoms with Crippen LogP contribution in [0, 0.1) is 0 Å². The molecule has 0 aliphatic heterocycles. The second-order valence-corrected chi connectivity index (χ2v) is 10.9. The van der Waals surface area contributed by atoms with Gasteiger partial charge in [-0.2, -0.15) is 0 Å². The number of benzene rings is 2. The molecule has 42 heavy (non-hydrogen) atoms. The van der Waals surface area contributed by atoms with Gasteiger partial charge < -0.3 is 0 Å². The summed E-state index contributed by atoms with van der Waals surface area (Å²) in [5.74, 6) is 0.883. The monoisotopic (exact) mass is 561 g/mol. The van der Waals surface area contributed by atoms with Gasteiger partial charge in [0.1, 0.15) is 5.82 Å². The van der Waals surface area contributed by atoms with Gasteiger partial charge in [0.25, 0.3) is 0 Å². The van der Waals surface area contributed by atoms with E-state index in [2.05, 4.69) is 69.2 Å². The predicted octanol–water partition coefficient (Wildman–Crippen LogP) is 8.98. The van der Waals surface area contributed by atoms with Gasteiger partial charge in [-0.05, 0) is 78.4 Å². The highest BCUT2D eigenvalue weighted by Gasteiger charge is 2.19. The summed E-state index contributed by atoms with van der Waals surface area (Å²) < 4.78 is 2.25. The predicted molar refractivity (Wildman–Crippen MR) is 171 cm³/mol. The minimum absolute atomic E-state index is 0.701. The fraction of sp³-hybridized carbons (Fsp3) is 0.0556. The van der Waals surface area contributed by atoms with Gasteiger partial charge in [-0.15, -0.1) is 0 Å². The molecule has 0 saturated heterocycles. The van der Waals surface area contributed by atoms with E-state index in [4.69, 9.17) is 21.6 Å². The summed E-state index contributed by atoms with van der Waals surface area (Å²) in [6.07, 6.45) is 14.0. The summed E-state index contributed by atoms with van der Waals surface area (Å²) in [5.41, 5.74) is 8.99. The van der Waals surface area contributed by atoms with E-state index in [1.807, 2.05) is 61.1 Å². The van der Waals surface area contributed by atoms with Gasteiger partial charge >= 0.3 is 0 Å². The van der Waals surface area contributed by atoms with Crippen molar-refractivity contribution in [3.8, 4) is 39.6 Å². The van der Waals surface area contributed by atoms with Crippen LogP contribution in [0.3, 0.4) is 0 Å². The maximum atomic E-state index is 6.72. The Hall–Kier alpha value is -5.13. The Morgan fingerprint density at radius 1 is 0.690 bits per heavy atom. The number of halogens is 1. The number of fused-ring (bicyclic) bond motifs is 4. The van der Waals surface area contributed by atoms with E-state index in [0.717, 1.165) is 68.7 Å². The average molecular weight is 562 g/mol. The molecule has 8 rings (SSSR count). The number of nitrogens with zero attached hydrogens (tertiary/aromatic N) is 5. The first-order chi connectivity index (χ1) is 20.7. The molecule has 2 aromatic carbocycles. The maximum Gasteiger partial charge on any atom is 0.137 e. The molecule has 0 bridgehead atoms. The molecule has 1 aliphatic carbocycles. The number of aromatic nitrogens is 5. The van der Waals surface area contributed by atoms with Crippen LogP contribution in [0.5, 0.6) is 0 Å². The lowest BCUT2D eigenvalue weighted by Crippen LogP contribution is -2.04. The summed E-state index contributed by atoms with van der Waals surface area (Å²) in [4.78, 5) is 19.0. The molecule has 0 fully saturated rings. The number of hydrogen-bond donors (Lipinski definition) is 0. The van der Waals surface area contributed by atoms with Crippen molar-refractivity contribution in [1.82, 2.24) is 24.5 Å². The summed E-state index contributed by atoms with van der Waals surface area (Å²) >= 11 is 6.72. The van der Waals surface area contributed by atoms with E-state index in [1.54, 1.807) is 6.20 Å². The second kappa shape index (κ2) is 10.1. The van der Waals surface area contributed by atoms with Crippen molar-refractivity contribution in [2.75, 3.05) is 0 Å². The average Bonchev–Trinajstić information content (AvgIpc) is 3.39. The quantitative estimate of drug-likeness (QED) is 0.215. The molecule has 7 aromatic rings. The van der Waals surface area contributed by atoms with Crippen LogP contribution in [-0.2, 0) is 6.42 Å². The molecule has 200 valence electrons. The zero-order chi connectivity index (χ0) is 28.0. The Morgan fingerprint density at radius 2 is 1.60 bits per heavy atom. The first-order valence-electron chi connectivity index (χ1n) is 14.0. The molecule has 5 aromatic heterocycles. The van der Waals surface area contributed by atoms with E-state index < -0.39 is 0 Å². The normalized spacial score (nSPS) is 12.6. The van der Waals surface area contributed by atoms with E-state index in [1.165, 1.54) is 16.6 Å². The van der Waals surface area contributed by atoms with Gasteiger partial charge in [-0.1, -0.05) is 54.1 Å². The molecule has 5 heterocycles. The summed E-state index contributed by atoms with van der Waals surface area (Å²) in [6, 6.07) is 28.6. The molecular weight excluding hydrogens is 538 g/mol. The third kappa shape index (κ3) is 4.18. The van der Waals surface area contributed by atoms with Crippen LogP contribution in [-0.4, -0.2) is 24.5 Å². The fourth-order valence-electron chi connectivity index (χ4n) is 5.92. The molecule has 0 N–H and O–H groups in total. The van der Waals surface area contributed by atoms with Crippen molar-refractivity contribution in [2.24, 2.45) is 0 Å². The maximum absolute atomic E-state index is 6.72. The SMILES string of the molecule is Clc1cc(-c2cc(-c3ccc(-n4c5c(c6ccncc64)C=CCC5)nc3)cc(-c3ccccn3)n2)cc2ccccc12. The van der Waals surface area contributed by atoms with Gasteiger partial charge in [-0.25, -0.2) is 9.97 Å². The van der Waals surface area contributed by atoms with Crippen LogP contribution in [0.4, 0.5) is 0 Å². The molecule has 0 amide bonds. The summed E-state index contributed by atoms with van der Waals surface area (Å²) in [6.45, 7) is 0. The Bertz CT molecular complexity index is 2150. The molecular formula is C36H24ClN5. The van der Waals surface area contributed by atoms with Crippen LogP contribution in [0.2, 0.25) is 5.02 Å². The Balaban J connectivity index is 1.26. The minimum Gasteiger partial charge on any atom is -0.296 e. The third-order valence-electron chi connectivity index (χ3n) is 7.91. The summed E-state index contributed by atoms with van der Waals surface area (Å²) in [5, 5.41) is 4.00. The largest absolute Gasteiger partial charge is 0.296 e. The molecule has 0 spiro atoms. The molecule has 0 radical (unpaired) electrons. The third-order valence-corrected chi connectivity index (χ3v) is 8.23. The first-order valence-corrected chi connectivity index (χ1v) is 14.3. The highest BCUT2D eigenvalue weighted by molar-refractivity contribution is 6.35. The van der Waals surface area contributed by atoms with Gasteiger partial charge in [0, 0.05) is 56.8 Å². The number of rotatable bonds is 4.